The molecule has 0 spiro atoms. The molecule has 0 fully saturated rings. The summed E-state index contributed by atoms with van der Waals surface area (Å²) in [4.78, 5) is 21.6. The minimum Gasteiger partial charge on any atom is -0.497 e. The van der Waals surface area contributed by atoms with Crippen molar-refractivity contribution in [3.8, 4) is 5.75 Å². The fraction of sp³-hybridized carbons (Fsp3) is 0.0625. The van der Waals surface area contributed by atoms with Crippen molar-refractivity contribution in [2.45, 2.75) is 4.90 Å². The van der Waals surface area contributed by atoms with Crippen molar-refractivity contribution in [3.05, 3.63) is 64.3 Å². The van der Waals surface area contributed by atoms with Crippen LogP contribution in [0.5, 0.6) is 5.75 Å². The molecular weight excluding hydrogens is 348 g/mol. The second-order valence-corrected chi connectivity index (χ2v) is 6.95. The monoisotopic (exact) mass is 360 g/mol. The molecule has 0 bridgehead atoms. The van der Waals surface area contributed by atoms with Gasteiger partial charge < -0.3 is 4.74 Å². The third kappa shape index (κ3) is 2.74. The molecule has 0 aliphatic heterocycles. The fourth-order valence-electron chi connectivity index (χ4n) is 2.48. The Morgan fingerprint density at radius 3 is 2.40 bits per heavy atom. The van der Waals surface area contributed by atoms with Gasteiger partial charge in [-0.25, -0.2) is 12.4 Å². The van der Waals surface area contributed by atoms with Gasteiger partial charge >= 0.3 is 0 Å². The summed E-state index contributed by atoms with van der Waals surface area (Å²) >= 11 is 0. The SMILES string of the molecule is COc1ccc(S(=O)(=O)n2cc(C=O)c3cc([N+](=O)[O-])ccc32)cc1. The molecule has 0 saturated heterocycles. The van der Waals surface area contributed by atoms with Crippen molar-refractivity contribution < 1.29 is 22.9 Å². The number of hydrogen-bond acceptors (Lipinski definition) is 6. The highest BCUT2D eigenvalue weighted by Gasteiger charge is 2.22. The highest BCUT2D eigenvalue weighted by Crippen LogP contribution is 2.29. The summed E-state index contributed by atoms with van der Waals surface area (Å²) in [6.45, 7) is 0. The van der Waals surface area contributed by atoms with Crippen molar-refractivity contribution >= 4 is 32.9 Å². The standard InChI is InChI=1S/C16H12N2O6S/c1-24-13-3-5-14(6-4-13)25(22,23)17-9-11(10-19)15-8-12(18(20)21)2-7-16(15)17/h2-10H,1H3. The van der Waals surface area contributed by atoms with Crippen LogP contribution in [0.1, 0.15) is 10.4 Å². The molecule has 3 rings (SSSR count). The third-order valence-corrected chi connectivity index (χ3v) is 5.43. The summed E-state index contributed by atoms with van der Waals surface area (Å²) in [6, 6.07) is 9.45. The van der Waals surface area contributed by atoms with Gasteiger partial charge in [-0.3, -0.25) is 14.9 Å². The second kappa shape index (κ2) is 6.02. The molecule has 0 atom stereocenters. The molecule has 0 radical (unpaired) electrons. The molecular formula is C16H12N2O6S. The van der Waals surface area contributed by atoms with E-state index in [-0.39, 0.29) is 27.0 Å². The lowest BCUT2D eigenvalue weighted by atomic mass is 10.2. The van der Waals surface area contributed by atoms with Gasteiger partial charge in [0.1, 0.15) is 5.75 Å². The van der Waals surface area contributed by atoms with E-state index in [0.717, 1.165) is 10.2 Å². The van der Waals surface area contributed by atoms with Gasteiger partial charge in [-0.15, -0.1) is 0 Å². The number of methoxy groups -OCH3 is 1. The Labute approximate surface area is 142 Å². The normalized spacial score (nSPS) is 11.4. The zero-order chi connectivity index (χ0) is 18.2. The van der Waals surface area contributed by atoms with Gasteiger partial charge in [0.05, 0.1) is 22.4 Å². The number of benzene rings is 2. The first-order valence-electron chi connectivity index (χ1n) is 7.03. The summed E-state index contributed by atoms with van der Waals surface area (Å²) in [6.07, 6.45) is 1.62. The van der Waals surface area contributed by atoms with E-state index >= 15 is 0 Å². The van der Waals surface area contributed by atoms with Crippen molar-refractivity contribution in [3.63, 3.8) is 0 Å². The average Bonchev–Trinajstić information content (AvgIpc) is 3.00. The average molecular weight is 360 g/mol. The molecule has 2 aromatic carbocycles. The molecule has 0 aliphatic rings. The van der Waals surface area contributed by atoms with Crippen LogP contribution >= 0.6 is 0 Å². The predicted octanol–water partition coefficient (Wildman–Crippen LogP) is 2.61. The summed E-state index contributed by atoms with van der Waals surface area (Å²) < 4.78 is 31.7. The number of non-ortho nitro benzene ring substituents is 1. The number of nitro benzene ring substituents is 1. The quantitative estimate of drug-likeness (QED) is 0.393. The van der Waals surface area contributed by atoms with Crippen LogP contribution in [0.4, 0.5) is 5.69 Å². The Balaban J connectivity index is 2.23. The number of rotatable bonds is 5. The Bertz CT molecular complexity index is 1080. The molecule has 0 aliphatic carbocycles. The number of fused-ring (bicyclic) bond motifs is 1. The van der Waals surface area contributed by atoms with Crippen LogP contribution < -0.4 is 4.74 Å². The number of aromatic nitrogens is 1. The number of carbonyl (C=O) groups is 1. The molecule has 3 aromatic rings. The van der Waals surface area contributed by atoms with Crippen LogP contribution in [-0.2, 0) is 10.0 Å². The van der Waals surface area contributed by atoms with Crippen LogP contribution in [-0.4, -0.2) is 30.7 Å². The molecule has 0 amide bonds. The predicted molar refractivity (Wildman–Crippen MR) is 89.6 cm³/mol. The molecule has 9 heteroatoms. The lowest BCUT2D eigenvalue weighted by Crippen LogP contribution is -2.11. The van der Waals surface area contributed by atoms with Gasteiger partial charge in [-0.2, -0.15) is 0 Å². The molecule has 1 heterocycles. The van der Waals surface area contributed by atoms with E-state index < -0.39 is 14.9 Å². The van der Waals surface area contributed by atoms with Gasteiger partial charge in [0, 0.05) is 29.3 Å². The Morgan fingerprint density at radius 2 is 1.84 bits per heavy atom. The van der Waals surface area contributed by atoms with E-state index in [0.29, 0.717) is 12.0 Å². The van der Waals surface area contributed by atoms with E-state index in [1.165, 1.54) is 49.6 Å². The summed E-state index contributed by atoms with van der Waals surface area (Å²) in [5.41, 5.74) is 0.00880. The van der Waals surface area contributed by atoms with Gasteiger partial charge in [-0.1, -0.05) is 0 Å². The molecule has 25 heavy (non-hydrogen) atoms. The largest absolute Gasteiger partial charge is 0.497 e. The van der Waals surface area contributed by atoms with E-state index in [4.69, 9.17) is 4.74 Å². The second-order valence-electron chi connectivity index (χ2n) is 5.14. The summed E-state index contributed by atoms with van der Waals surface area (Å²) in [5, 5.41) is 11.1. The van der Waals surface area contributed by atoms with Crippen LogP contribution in [0.15, 0.2) is 53.6 Å². The van der Waals surface area contributed by atoms with Crippen molar-refractivity contribution in [2.24, 2.45) is 0 Å². The first-order chi connectivity index (χ1) is 11.9. The van der Waals surface area contributed by atoms with Crippen molar-refractivity contribution in [1.29, 1.82) is 0 Å². The zero-order valence-corrected chi connectivity index (χ0v) is 13.8. The number of carbonyl (C=O) groups excluding carboxylic acids is 1. The summed E-state index contributed by atoms with van der Waals surface area (Å²) in [5.74, 6) is 0.500. The molecule has 0 N–H and O–H groups in total. The number of aldehydes is 1. The fourth-order valence-corrected chi connectivity index (χ4v) is 3.86. The first-order valence-corrected chi connectivity index (χ1v) is 8.47. The van der Waals surface area contributed by atoms with Crippen LogP contribution in [0.3, 0.4) is 0 Å². The lowest BCUT2D eigenvalue weighted by Gasteiger charge is -2.08. The van der Waals surface area contributed by atoms with E-state index in [2.05, 4.69) is 0 Å². The highest BCUT2D eigenvalue weighted by atomic mass is 32.2. The van der Waals surface area contributed by atoms with Gasteiger partial charge in [-0.05, 0) is 30.3 Å². The number of ether oxygens (including phenoxy) is 1. The molecule has 1 aromatic heterocycles. The maximum Gasteiger partial charge on any atom is 0.270 e. The molecule has 0 saturated carbocycles. The van der Waals surface area contributed by atoms with E-state index in [9.17, 15) is 23.3 Å². The van der Waals surface area contributed by atoms with E-state index in [1.807, 2.05) is 0 Å². The van der Waals surface area contributed by atoms with E-state index in [1.54, 1.807) is 0 Å². The number of nitro groups is 1. The molecule has 128 valence electrons. The lowest BCUT2D eigenvalue weighted by molar-refractivity contribution is -0.384. The van der Waals surface area contributed by atoms with Crippen LogP contribution in [0.25, 0.3) is 10.9 Å². The third-order valence-electron chi connectivity index (χ3n) is 3.74. The maximum atomic E-state index is 12.9. The van der Waals surface area contributed by atoms with Crippen molar-refractivity contribution in [1.82, 2.24) is 3.97 Å². The minimum atomic E-state index is -3.98. The maximum absolute atomic E-state index is 12.9. The first kappa shape index (κ1) is 16.7. The smallest absolute Gasteiger partial charge is 0.270 e. The molecule has 8 nitrogen and oxygen atoms in total. The van der Waals surface area contributed by atoms with Crippen molar-refractivity contribution in [2.75, 3.05) is 7.11 Å². The Morgan fingerprint density at radius 1 is 1.16 bits per heavy atom. The zero-order valence-electron chi connectivity index (χ0n) is 12.9. The number of hydrogen-bond donors (Lipinski definition) is 0. The van der Waals surface area contributed by atoms with Gasteiger partial charge in [0.2, 0.25) is 0 Å². The topological polar surface area (TPSA) is 109 Å². The van der Waals surface area contributed by atoms with Gasteiger partial charge in [0.15, 0.2) is 6.29 Å². The van der Waals surface area contributed by atoms with Gasteiger partial charge in [0.25, 0.3) is 15.7 Å². The Hall–Kier alpha value is -3.20. The number of nitrogens with zero attached hydrogens (tertiary/aromatic N) is 2. The summed E-state index contributed by atoms with van der Waals surface area (Å²) in [7, 11) is -2.52. The Kier molecular flexibility index (Phi) is 4.01. The minimum absolute atomic E-state index is 0.000928. The van der Waals surface area contributed by atoms with Crippen LogP contribution in [0, 0.1) is 10.1 Å². The van der Waals surface area contributed by atoms with Crippen LogP contribution in [0.2, 0.25) is 0 Å². The highest BCUT2D eigenvalue weighted by molar-refractivity contribution is 7.90. The molecule has 0 unspecified atom stereocenters.